The van der Waals surface area contributed by atoms with Crippen LogP contribution in [-0.4, -0.2) is 40.5 Å². The molecule has 1 aromatic carbocycles. The summed E-state index contributed by atoms with van der Waals surface area (Å²) < 4.78 is 0. The van der Waals surface area contributed by atoms with E-state index in [0.29, 0.717) is 19.3 Å². The average molecular weight is 246 g/mol. The molecule has 1 amide bonds. The molecule has 94 valence electrons. The van der Waals surface area contributed by atoms with Crippen molar-refractivity contribution in [1.29, 1.82) is 0 Å². The minimum Gasteiger partial charge on any atom is -0.465 e. The molecule has 0 radical (unpaired) electrons. The Morgan fingerprint density at radius 1 is 1.39 bits per heavy atom. The molecule has 2 rings (SSSR count). The largest absolute Gasteiger partial charge is 0.465 e. The highest BCUT2D eigenvalue weighted by atomic mass is 16.4. The van der Waals surface area contributed by atoms with Gasteiger partial charge in [-0.05, 0) is 18.1 Å². The minimum absolute atomic E-state index is 0.0856. The zero-order chi connectivity index (χ0) is 13.0. The molecule has 0 aliphatic rings. The molecule has 5 heteroatoms. The van der Waals surface area contributed by atoms with E-state index in [4.69, 9.17) is 5.11 Å². The van der Waals surface area contributed by atoms with Crippen LogP contribution in [0.15, 0.2) is 30.5 Å². The van der Waals surface area contributed by atoms with E-state index in [2.05, 4.69) is 4.98 Å². The van der Waals surface area contributed by atoms with Gasteiger partial charge in [0.2, 0.25) is 0 Å². The molecular formula is C13H14N2O3. The number of amides is 1. The molecule has 18 heavy (non-hydrogen) atoms. The van der Waals surface area contributed by atoms with Gasteiger partial charge < -0.3 is 19.8 Å². The molecule has 0 atom stereocenters. The van der Waals surface area contributed by atoms with Crippen LogP contribution < -0.4 is 0 Å². The Morgan fingerprint density at radius 3 is 2.89 bits per heavy atom. The Labute approximate surface area is 104 Å². The standard InChI is InChI=1S/C13H14N2O3/c16-8-7-15(13(17)18)6-5-10-9-14-12-4-2-1-3-11(10)12/h1-4,8-9,14H,5-7H2,(H,17,18). The second-order valence-corrected chi connectivity index (χ2v) is 4.00. The van der Waals surface area contributed by atoms with Gasteiger partial charge in [0.05, 0.1) is 6.54 Å². The minimum atomic E-state index is -1.07. The van der Waals surface area contributed by atoms with E-state index in [-0.39, 0.29) is 6.54 Å². The number of aromatic amines is 1. The van der Waals surface area contributed by atoms with Crippen molar-refractivity contribution in [3.63, 3.8) is 0 Å². The summed E-state index contributed by atoms with van der Waals surface area (Å²) in [5, 5.41) is 10.00. The first-order valence-electron chi connectivity index (χ1n) is 5.69. The summed E-state index contributed by atoms with van der Waals surface area (Å²) in [5.41, 5.74) is 2.09. The summed E-state index contributed by atoms with van der Waals surface area (Å²) in [6.07, 6.45) is 2.00. The second kappa shape index (κ2) is 5.35. The van der Waals surface area contributed by atoms with Crippen LogP contribution in [0.5, 0.6) is 0 Å². The van der Waals surface area contributed by atoms with Gasteiger partial charge in [-0.3, -0.25) is 0 Å². The maximum atomic E-state index is 10.9. The zero-order valence-electron chi connectivity index (χ0n) is 9.80. The summed E-state index contributed by atoms with van der Waals surface area (Å²) in [6.45, 7) is 0.230. The highest BCUT2D eigenvalue weighted by Crippen LogP contribution is 2.18. The van der Waals surface area contributed by atoms with Gasteiger partial charge in [-0.1, -0.05) is 18.2 Å². The fourth-order valence-electron chi connectivity index (χ4n) is 1.95. The maximum absolute atomic E-state index is 10.9. The van der Waals surface area contributed by atoms with Gasteiger partial charge in [-0.25, -0.2) is 4.79 Å². The van der Waals surface area contributed by atoms with Gasteiger partial charge in [0.1, 0.15) is 6.29 Å². The number of H-pyrrole nitrogens is 1. The number of fused-ring (bicyclic) bond motifs is 1. The lowest BCUT2D eigenvalue weighted by molar-refractivity contribution is -0.108. The van der Waals surface area contributed by atoms with Gasteiger partial charge in [-0.2, -0.15) is 0 Å². The molecule has 2 N–H and O–H groups in total. The molecule has 0 unspecified atom stereocenters. The Morgan fingerprint density at radius 2 is 2.17 bits per heavy atom. The number of nitrogens with one attached hydrogen (secondary N) is 1. The summed E-state index contributed by atoms with van der Waals surface area (Å²) in [6, 6.07) is 7.85. The molecule has 2 aromatic rings. The van der Waals surface area contributed by atoms with Gasteiger partial charge in [-0.15, -0.1) is 0 Å². The fraction of sp³-hybridized carbons (Fsp3) is 0.231. The quantitative estimate of drug-likeness (QED) is 0.791. The highest BCUT2D eigenvalue weighted by Gasteiger charge is 2.11. The molecule has 0 aliphatic carbocycles. The Bertz CT molecular complexity index is 562. The first-order chi connectivity index (χ1) is 8.72. The third-order valence-corrected chi connectivity index (χ3v) is 2.89. The SMILES string of the molecule is O=CCN(CCc1c[nH]c2ccccc12)C(=O)O. The van der Waals surface area contributed by atoms with Crippen LogP contribution in [0.25, 0.3) is 10.9 Å². The van der Waals surface area contributed by atoms with Gasteiger partial charge in [0.25, 0.3) is 0 Å². The summed E-state index contributed by atoms with van der Waals surface area (Å²) in [4.78, 5) is 25.5. The van der Waals surface area contributed by atoms with Crippen LogP contribution in [0.4, 0.5) is 4.79 Å². The van der Waals surface area contributed by atoms with Crippen LogP contribution in [0.1, 0.15) is 5.56 Å². The van der Waals surface area contributed by atoms with Crippen molar-refractivity contribution in [2.45, 2.75) is 6.42 Å². The van der Waals surface area contributed by atoms with E-state index >= 15 is 0 Å². The van der Waals surface area contributed by atoms with E-state index in [1.807, 2.05) is 30.5 Å². The molecule has 1 heterocycles. The van der Waals surface area contributed by atoms with E-state index in [9.17, 15) is 9.59 Å². The van der Waals surface area contributed by atoms with Crippen molar-refractivity contribution in [3.8, 4) is 0 Å². The van der Waals surface area contributed by atoms with Crippen LogP contribution in [0.2, 0.25) is 0 Å². The number of carboxylic acid groups (broad SMARTS) is 1. The lowest BCUT2D eigenvalue weighted by atomic mass is 10.1. The van der Waals surface area contributed by atoms with Crippen LogP contribution in [0.3, 0.4) is 0 Å². The number of carbonyl (C=O) groups is 2. The van der Waals surface area contributed by atoms with Gasteiger partial charge >= 0.3 is 6.09 Å². The van der Waals surface area contributed by atoms with Crippen molar-refractivity contribution in [3.05, 3.63) is 36.0 Å². The topological polar surface area (TPSA) is 73.4 Å². The first-order valence-corrected chi connectivity index (χ1v) is 5.69. The fourth-order valence-corrected chi connectivity index (χ4v) is 1.95. The molecule has 5 nitrogen and oxygen atoms in total. The number of para-hydroxylation sites is 1. The molecule has 0 aliphatic heterocycles. The van der Waals surface area contributed by atoms with E-state index in [0.717, 1.165) is 21.4 Å². The first kappa shape index (κ1) is 12.2. The normalized spacial score (nSPS) is 10.4. The predicted octanol–water partition coefficient (Wildman–Crippen LogP) is 1.89. The Kier molecular flexibility index (Phi) is 3.62. The maximum Gasteiger partial charge on any atom is 0.407 e. The number of hydrogen-bond acceptors (Lipinski definition) is 2. The van der Waals surface area contributed by atoms with Crippen LogP contribution >= 0.6 is 0 Å². The van der Waals surface area contributed by atoms with Gasteiger partial charge in [0, 0.05) is 23.6 Å². The predicted molar refractivity (Wildman–Crippen MR) is 67.7 cm³/mol. The van der Waals surface area contributed by atoms with Crippen LogP contribution in [0, 0.1) is 0 Å². The summed E-state index contributed by atoms with van der Waals surface area (Å²) in [7, 11) is 0. The van der Waals surface area contributed by atoms with E-state index in [1.54, 1.807) is 0 Å². The molecule has 0 spiro atoms. The number of rotatable bonds is 5. The van der Waals surface area contributed by atoms with Crippen molar-refractivity contribution in [2.75, 3.05) is 13.1 Å². The number of benzene rings is 1. The van der Waals surface area contributed by atoms with Crippen molar-refractivity contribution in [2.24, 2.45) is 0 Å². The molecule has 0 fully saturated rings. The number of nitrogens with zero attached hydrogens (tertiary/aromatic N) is 1. The van der Waals surface area contributed by atoms with Gasteiger partial charge in [0.15, 0.2) is 0 Å². The van der Waals surface area contributed by atoms with E-state index < -0.39 is 6.09 Å². The number of hydrogen-bond donors (Lipinski definition) is 2. The molecule has 0 saturated heterocycles. The third kappa shape index (κ3) is 2.51. The molecular weight excluding hydrogens is 232 g/mol. The molecule has 0 saturated carbocycles. The lowest BCUT2D eigenvalue weighted by Gasteiger charge is -2.15. The van der Waals surface area contributed by atoms with Crippen molar-refractivity contribution >= 4 is 23.3 Å². The molecule has 1 aromatic heterocycles. The zero-order valence-corrected chi connectivity index (χ0v) is 9.80. The number of aromatic nitrogens is 1. The number of carbonyl (C=O) groups excluding carboxylic acids is 1. The lowest BCUT2D eigenvalue weighted by Crippen LogP contribution is -2.33. The van der Waals surface area contributed by atoms with Crippen molar-refractivity contribution < 1.29 is 14.7 Å². The van der Waals surface area contributed by atoms with E-state index in [1.165, 1.54) is 0 Å². The second-order valence-electron chi connectivity index (χ2n) is 4.00. The summed E-state index contributed by atoms with van der Waals surface area (Å²) >= 11 is 0. The van der Waals surface area contributed by atoms with Crippen LogP contribution in [-0.2, 0) is 11.2 Å². The smallest absolute Gasteiger partial charge is 0.407 e. The Hall–Kier alpha value is -2.30. The number of aldehydes is 1. The molecule has 0 bridgehead atoms. The monoisotopic (exact) mass is 246 g/mol. The summed E-state index contributed by atoms with van der Waals surface area (Å²) in [5.74, 6) is 0. The average Bonchev–Trinajstić information content (AvgIpc) is 2.77. The Balaban J connectivity index is 2.09. The van der Waals surface area contributed by atoms with Crippen molar-refractivity contribution in [1.82, 2.24) is 9.88 Å². The third-order valence-electron chi connectivity index (χ3n) is 2.89. The highest BCUT2D eigenvalue weighted by molar-refractivity contribution is 5.83.